The number of aliphatic carboxylic acids is 1. The topological polar surface area (TPSA) is 117 Å². The minimum Gasteiger partial charge on any atom is -0.479 e. The minimum absolute atomic E-state index is 0. The van der Waals surface area contributed by atoms with Gasteiger partial charge in [-0.3, -0.25) is 4.98 Å². The first-order valence-electron chi connectivity index (χ1n) is 7.17. The van der Waals surface area contributed by atoms with Gasteiger partial charge in [0.25, 0.3) is 0 Å². The lowest BCUT2D eigenvalue weighted by atomic mass is 9.93. The van der Waals surface area contributed by atoms with E-state index in [2.05, 4.69) is 4.98 Å². The summed E-state index contributed by atoms with van der Waals surface area (Å²) in [5.41, 5.74) is 9.93. The normalized spacial score (nSPS) is 14.8. The second-order valence-electron chi connectivity index (χ2n) is 5.41. The van der Waals surface area contributed by atoms with E-state index >= 15 is 0 Å². The number of rotatable bonds is 3. The summed E-state index contributed by atoms with van der Waals surface area (Å²) in [6, 6.07) is 5.45. The number of aromatic nitrogens is 1. The van der Waals surface area contributed by atoms with Crippen LogP contribution in [0.15, 0.2) is 18.2 Å². The van der Waals surface area contributed by atoms with Crippen molar-refractivity contribution in [2.45, 2.75) is 38.7 Å². The molecule has 0 saturated carbocycles. The predicted molar refractivity (Wildman–Crippen MR) is 84.1 cm³/mol. The molecule has 0 aliphatic heterocycles. The molecule has 6 heteroatoms. The van der Waals surface area contributed by atoms with E-state index in [-0.39, 0.29) is 5.48 Å². The average Bonchev–Trinajstić information content (AvgIpc) is 2.47. The number of anilines is 1. The second kappa shape index (κ2) is 6.19. The molecule has 118 valence electrons. The Balaban J connectivity index is 0.00000176. The summed E-state index contributed by atoms with van der Waals surface area (Å²) in [5, 5.41) is 9.73. The smallest absolute Gasteiger partial charge is 0.344 e. The predicted octanol–water partition coefficient (Wildman–Crippen LogP) is 1.72. The van der Waals surface area contributed by atoms with Gasteiger partial charge in [-0.2, -0.15) is 0 Å². The number of carboxylic acid groups (broad SMARTS) is 1. The third kappa shape index (κ3) is 2.69. The Hall–Kier alpha value is -2.34. The van der Waals surface area contributed by atoms with Gasteiger partial charge in [0.1, 0.15) is 5.75 Å². The van der Waals surface area contributed by atoms with Gasteiger partial charge in [0.05, 0.1) is 10.9 Å². The number of hydrogen-bond acceptors (Lipinski definition) is 4. The molecule has 0 bridgehead atoms. The summed E-state index contributed by atoms with van der Waals surface area (Å²) in [7, 11) is 0. The van der Waals surface area contributed by atoms with Gasteiger partial charge in [-0.25, -0.2) is 4.79 Å². The van der Waals surface area contributed by atoms with Gasteiger partial charge in [0, 0.05) is 11.4 Å². The van der Waals surface area contributed by atoms with Gasteiger partial charge in [0.15, 0.2) is 6.10 Å². The van der Waals surface area contributed by atoms with Crippen LogP contribution in [0.25, 0.3) is 10.9 Å². The first kappa shape index (κ1) is 16.0. The standard InChI is InChI=1S/C16H18N2O3.H2O/c1-9(16(19)20)21-13-8-4-7-12-14(13)15(17)10-5-2-3-6-11(10)18-12;/h4,7-9H,2-3,5-6H2,1H3,(H2,17,18)(H,19,20);1H2. The van der Waals surface area contributed by atoms with E-state index in [9.17, 15) is 4.79 Å². The van der Waals surface area contributed by atoms with Crippen molar-refractivity contribution in [1.82, 2.24) is 4.98 Å². The summed E-state index contributed by atoms with van der Waals surface area (Å²) >= 11 is 0. The maximum Gasteiger partial charge on any atom is 0.344 e. The molecule has 0 radical (unpaired) electrons. The molecule has 0 saturated heterocycles. The zero-order chi connectivity index (χ0) is 15.0. The number of pyridine rings is 1. The van der Waals surface area contributed by atoms with Crippen molar-refractivity contribution in [3.8, 4) is 5.75 Å². The number of aryl methyl sites for hydroxylation is 1. The van der Waals surface area contributed by atoms with Crippen LogP contribution in [0.5, 0.6) is 5.75 Å². The Kier molecular flexibility index (Phi) is 4.51. The lowest BCUT2D eigenvalue weighted by Gasteiger charge is -2.20. The second-order valence-corrected chi connectivity index (χ2v) is 5.41. The number of nitrogens with two attached hydrogens (primary N) is 1. The number of ether oxygens (including phenoxy) is 1. The van der Waals surface area contributed by atoms with E-state index in [1.54, 1.807) is 6.07 Å². The van der Waals surface area contributed by atoms with Crippen LogP contribution >= 0.6 is 0 Å². The van der Waals surface area contributed by atoms with Crippen molar-refractivity contribution in [2.75, 3.05) is 5.73 Å². The average molecular weight is 304 g/mol. The number of nitrogen functional groups attached to an aromatic ring is 1. The molecule has 22 heavy (non-hydrogen) atoms. The van der Waals surface area contributed by atoms with Crippen molar-refractivity contribution < 1.29 is 20.1 Å². The molecule has 0 fully saturated rings. The Morgan fingerprint density at radius 1 is 1.36 bits per heavy atom. The van der Waals surface area contributed by atoms with E-state index in [4.69, 9.17) is 15.6 Å². The van der Waals surface area contributed by atoms with Gasteiger partial charge >= 0.3 is 5.97 Å². The van der Waals surface area contributed by atoms with Crippen LogP contribution < -0.4 is 10.5 Å². The Morgan fingerprint density at radius 3 is 2.82 bits per heavy atom. The quantitative estimate of drug-likeness (QED) is 0.895. The van der Waals surface area contributed by atoms with Gasteiger partial charge in [-0.15, -0.1) is 0 Å². The van der Waals surface area contributed by atoms with Crippen LogP contribution in [0.3, 0.4) is 0 Å². The van der Waals surface area contributed by atoms with E-state index in [1.165, 1.54) is 6.92 Å². The highest BCUT2D eigenvalue weighted by atomic mass is 16.5. The molecule has 0 amide bonds. The van der Waals surface area contributed by atoms with Crippen molar-refractivity contribution in [3.05, 3.63) is 29.5 Å². The van der Waals surface area contributed by atoms with Crippen LogP contribution in [0.1, 0.15) is 31.0 Å². The van der Waals surface area contributed by atoms with E-state index < -0.39 is 12.1 Å². The molecule has 1 aliphatic rings. The Labute approximate surface area is 128 Å². The first-order chi connectivity index (χ1) is 10.1. The molecular formula is C16H20N2O4. The highest BCUT2D eigenvalue weighted by molar-refractivity contribution is 5.97. The van der Waals surface area contributed by atoms with Crippen molar-refractivity contribution in [3.63, 3.8) is 0 Å². The van der Waals surface area contributed by atoms with Gasteiger partial charge in [0.2, 0.25) is 0 Å². The Morgan fingerprint density at radius 2 is 2.09 bits per heavy atom. The summed E-state index contributed by atoms with van der Waals surface area (Å²) in [5.74, 6) is -0.516. The maximum absolute atomic E-state index is 11.0. The van der Waals surface area contributed by atoms with Crippen LogP contribution in [-0.4, -0.2) is 27.6 Å². The number of fused-ring (bicyclic) bond motifs is 2. The van der Waals surface area contributed by atoms with Gasteiger partial charge in [-0.05, 0) is 50.3 Å². The van der Waals surface area contributed by atoms with Crippen molar-refractivity contribution in [2.24, 2.45) is 0 Å². The molecule has 1 aliphatic carbocycles. The van der Waals surface area contributed by atoms with Crippen LogP contribution in [0, 0.1) is 0 Å². The number of benzene rings is 1. The zero-order valence-corrected chi connectivity index (χ0v) is 12.4. The molecule has 3 rings (SSSR count). The third-order valence-corrected chi connectivity index (χ3v) is 3.94. The molecule has 0 spiro atoms. The van der Waals surface area contributed by atoms with Crippen molar-refractivity contribution in [1.29, 1.82) is 0 Å². The lowest BCUT2D eigenvalue weighted by molar-refractivity contribution is -0.144. The molecule has 5 N–H and O–H groups in total. The molecule has 1 atom stereocenters. The van der Waals surface area contributed by atoms with Gasteiger partial charge < -0.3 is 21.1 Å². The van der Waals surface area contributed by atoms with E-state index in [0.717, 1.165) is 47.8 Å². The third-order valence-electron chi connectivity index (χ3n) is 3.94. The summed E-state index contributed by atoms with van der Waals surface area (Å²) in [6.45, 7) is 1.50. The number of hydrogen-bond donors (Lipinski definition) is 2. The van der Waals surface area contributed by atoms with Crippen LogP contribution in [0.4, 0.5) is 5.69 Å². The molecule has 1 aromatic carbocycles. The molecule has 1 aromatic heterocycles. The summed E-state index contributed by atoms with van der Waals surface area (Å²) in [6.07, 6.45) is 3.20. The van der Waals surface area contributed by atoms with E-state index in [1.807, 2.05) is 12.1 Å². The lowest BCUT2D eigenvalue weighted by Crippen LogP contribution is -2.23. The largest absolute Gasteiger partial charge is 0.479 e. The Bertz CT molecular complexity index is 715. The first-order valence-corrected chi connectivity index (χ1v) is 7.17. The monoisotopic (exact) mass is 304 g/mol. The summed E-state index contributed by atoms with van der Waals surface area (Å²) in [4.78, 5) is 15.7. The summed E-state index contributed by atoms with van der Waals surface area (Å²) < 4.78 is 5.54. The number of carbonyl (C=O) groups is 1. The maximum atomic E-state index is 11.0. The molecule has 2 aromatic rings. The number of nitrogens with zero attached hydrogens (tertiary/aromatic N) is 1. The van der Waals surface area contributed by atoms with Crippen LogP contribution in [0.2, 0.25) is 0 Å². The molecule has 1 heterocycles. The highest BCUT2D eigenvalue weighted by Gasteiger charge is 2.20. The minimum atomic E-state index is -1.00. The SMILES string of the molecule is CC(Oc1cccc2nc3c(c(N)c12)CCCC3)C(=O)O.O. The van der Waals surface area contributed by atoms with E-state index in [0.29, 0.717) is 11.4 Å². The fraction of sp³-hybridized carbons (Fsp3) is 0.375. The van der Waals surface area contributed by atoms with Gasteiger partial charge in [-0.1, -0.05) is 6.07 Å². The van der Waals surface area contributed by atoms with Crippen molar-refractivity contribution >= 4 is 22.6 Å². The molecule has 1 unspecified atom stereocenters. The fourth-order valence-corrected chi connectivity index (χ4v) is 2.82. The molecular weight excluding hydrogens is 284 g/mol. The number of carboxylic acids is 1. The fourth-order valence-electron chi connectivity index (χ4n) is 2.82. The highest BCUT2D eigenvalue weighted by Crippen LogP contribution is 2.36. The molecule has 6 nitrogen and oxygen atoms in total. The van der Waals surface area contributed by atoms with Crippen LogP contribution in [-0.2, 0) is 17.6 Å². The zero-order valence-electron chi connectivity index (χ0n) is 12.4.